The lowest BCUT2D eigenvalue weighted by Gasteiger charge is -2.39. The Hall–Kier alpha value is -2.31. The van der Waals surface area contributed by atoms with Crippen LogP contribution < -0.4 is 4.90 Å². The van der Waals surface area contributed by atoms with Crippen LogP contribution in [0, 0.1) is 11.7 Å². The maximum Gasteiger partial charge on any atom is 0.319 e. The molecule has 142 valence electrons. The average molecular weight is 362 g/mol. The first-order valence-corrected chi connectivity index (χ1v) is 9.22. The molecule has 7 heteroatoms. The molecule has 0 aromatic heterocycles. The number of piperidine rings is 1. The van der Waals surface area contributed by atoms with Gasteiger partial charge in [0.05, 0.1) is 5.69 Å². The Morgan fingerprint density at radius 3 is 2.15 bits per heavy atom. The fourth-order valence-electron chi connectivity index (χ4n) is 3.73. The molecule has 2 aliphatic rings. The molecule has 2 heterocycles. The molecule has 0 radical (unpaired) electrons. The Labute approximate surface area is 154 Å². The van der Waals surface area contributed by atoms with Crippen molar-refractivity contribution in [2.24, 2.45) is 5.92 Å². The molecule has 0 spiro atoms. The minimum absolute atomic E-state index is 0.00870. The number of rotatable bonds is 2. The number of hydrogen-bond acceptors (Lipinski definition) is 3. The van der Waals surface area contributed by atoms with Gasteiger partial charge in [0.25, 0.3) is 0 Å². The molecule has 0 N–H and O–H groups in total. The number of piperazine rings is 1. The molecule has 6 nitrogen and oxygen atoms in total. The Kier molecular flexibility index (Phi) is 5.64. The fourth-order valence-corrected chi connectivity index (χ4v) is 3.73. The number of urea groups is 1. The van der Waals surface area contributed by atoms with Crippen molar-refractivity contribution in [1.29, 1.82) is 0 Å². The van der Waals surface area contributed by atoms with Crippen molar-refractivity contribution in [2.75, 3.05) is 58.3 Å². The third-order valence-electron chi connectivity index (χ3n) is 5.28. The Balaban J connectivity index is 1.50. The fraction of sp³-hybridized carbons (Fsp3) is 0.579. The second-order valence-corrected chi connectivity index (χ2v) is 7.20. The summed E-state index contributed by atoms with van der Waals surface area (Å²) in [6, 6.07) is 6.78. The lowest BCUT2D eigenvalue weighted by molar-refractivity contribution is -0.137. The van der Waals surface area contributed by atoms with E-state index in [1.165, 1.54) is 6.07 Å². The number of para-hydroxylation sites is 1. The number of benzene rings is 1. The van der Waals surface area contributed by atoms with E-state index in [0.29, 0.717) is 57.8 Å². The van der Waals surface area contributed by atoms with Crippen molar-refractivity contribution in [2.45, 2.75) is 12.8 Å². The average Bonchev–Trinajstić information content (AvgIpc) is 2.67. The first-order chi connectivity index (χ1) is 12.5. The van der Waals surface area contributed by atoms with E-state index >= 15 is 0 Å². The van der Waals surface area contributed by atoms with Gasteiger partial charge < -0.3 is 19.6 Å². The van der Waals surface area contributed by atoms with Crippen molar-refractivity contribution < 1.29 is 14.0 Å². The van der Waals surface area contributed by atoms with Crippen molar-refractivity contribution in [1.82, 2.24) is 14.7 Å². The number of carbonyl (C=O) groups is 2. The minimum atomic E-state index is -0.217. The number of hydrogen-bond donors (Lipinski definition) is 0. The Morgan fingerprint density at radius 1 is 0.962 bits per heavy atom. The van der Waals surface area contributed by atoms with Crippen LogP contribution in [0.15, 0.2) is 24.3 Å². The molecule has 3 amide bonds. The largest absolute Gasteiger partial charge is 0.366 e. The highest BCUT2D eigenvalue weighted by atomic mass is 19.1. The van der Waals surface area contributed by atoms with Gasteiger partial charge >= 0.3 is 6.03 Å². The summed E-state index contributed by atoms with van der Waals surface area (Å²) in [5.41, 5.74) is 0.607. The maximum absolute atomic E-state index is 13.9. The monoisotopic (exact) mass is 362 g/mol. The number of nitrogens with zero attached hydrogens (tertiary/aromatic N) is 4. The Bertz CT molecular complexity index is 651. The molecule has 2 saturated heterocycles. The summed E-state index contributed by atoms with van der Waals surface area (Å²) in [5.74, 6) is -0.0541. The van der Waals surface area contributed by atoms with Crippen molar-refractivity contribution >= 4 is 17.6 Å². The predicted molar refractivity (Wildman–Crippen MR) is 98.6 cm³/mol. The summed E-state index contributed by atoms with van der Waals surface area (Å²) < 4.78 is 13.9. The zero-order valence-corrected chi connectivity index (χ0v) is 15.5. The molecule has 3 rings (SSSR count). The quantitative estimate of drug-likeness (QED) is 0.807. The second kappa shape index (κ2) is 7.93. The van der Waals surface area contributed by atoms with Gasteiger partial charge in [0, 0.05) is 59.3 Å². The highest BCUT2D eigenvalue weighted by Gasteiger charge is 2.32. The van der Waals surface area contributed by atoms with Crippen LogP contribution in [0.1, 0.15) is 12.8 Å². The van der Waals surface area contributed by atoms with E-state index in [0.717, 1.165) is 0 Å². The van der Waals surface area contributed by atoms with E-state index in [1.807, 2.05) is 15.9 Å². The van der Waals surface area contributed by atoms with Crippen molar-refractivity contribution in [3.8, 4) is 0 Å². The van der Waals surface area contributed by atoms with Gasteiger partial charge in [-0.25, -0.2) is 9.18 Å². The molecule has 2 fully saturated rings. The van der Waals surface area contributed by atoms with Gasteiger partial charge in [-0.2, -0.15) is 0 Å². The number of likely N-dealkylation sites (tertiary alicyclic amines) is 1. The van der Waals surface area contributed by atoms with Crippen molar-refractivity contribution in [3.63, 3.8) is 0 Å². The second-order valence-electron chi connectivity index (χ2n) is 7.20. The zero-order valence-electron chi connectivity index (χ0n) is 15.5. The molecule has 2 aliphatic heterocycles. The molecule has 0 bridgehead atoms. The lowest BCUT2D eigenvalue weighted by atomic mass is 9.95. The molecular weight excluding hydrogens is 335 g/mol. The molecule has 26 heavy (non-hydrogen) atoms. The van der Waals surface area contributed by atoms with E-state index in [1.54, 1.807) is 36.0 Å². The third-order valence-corrected chi connectivity index (χ3v) is 5.28. The lowest BCUT2D eigenvalue weighted by Crippen LogP contribution is -2.52. The number of halogens is 1. The first kappa shape index (κ1) is 18.5. The molecule has 0 saturated carbocycles. The van der Waals surface area contributed by atoms with Crippen LogP contribution in [0.2, 0.25) is 0 Å². The minimum Gasteiger partial charge on any atom is -0.366 e. The number of anilines is 1. The summed E-state index contributed by atoms with van der Waals surface area (Å²) in [6.45, 7) is 3.77. The van der Waals surface area contributed by atoms with Gasteiger partial charge in [0.15, 0.2) is 0 Å². The first-order valence-electron chi connectivity index (χ1n) is 9.22. The summed E-state index contributed by atoms with van der Waals surface area (Å²) in [6.07, 6.45) is 1.43. The summed E-state index contributed by atoms with van der Waals surface area (Å²) >= 11 is 0. The van der Waals surface area contributed by atoms with Crippen LogP contribution >= 0.6 is 0 Å². The number of carbonyl (C=O) groups excluding carboxylic acids is 2. The van der Waals surface area contributed by atoms with Crippen LogP contribution in [0.5, 0.6) is 0 Å². The topological polar surface area (TPSA) is 47.1 Å². The smallest absolute Gasteiger partial charge is 0.319 e. The van der Waals surface area contributed by atoms with E-state index in [9.17, 15) is 14.0 Å². The van der Waals surface area contributed by atoms with Crippen LogP contribution in [-0.4, -0.2) is 80.0 Å². The van der Waals surface area contributed by atoms with Crippen LogP contribution in [0.3, 0.4) is 0 Å². The maximum atomic E-state index is 13.9. The standard InChI is InChI=1S/C19H27FN4O2/c1-21(2)19(26)24-9-7-15(8-10-24)18(25)23-13-11-22(12-14-23)17-6-4-3-5-16(17)20/h3-6,15H,7-14H2,1-2H3. The summed E-state index contributed by atoms with van der Waals surface area (Å²) in [4.78, 5) is 32.1. The van der Waals surface area contributed by atoms with E-state index in [4.69, 9.17) is 0 Å². The van der Waals surface area contributed by atoms with Gasteiger partial charge in [-0.1, -0.05) is 12.1 Å². The van der Waals surface area contributed by atoms with E-state index in [2.05, 4.69) is 0 Å². The third kappa shape index (κ3) is 3.92. The van der Waals surface area contributed by atoms with Crippen LogP contribution in [-0.2, 0) is 4.79 Å². The normalized spacial score (nSPS) is 18.8. The van der Waals surface area contributed by atoms with E-state index < -0.39 is 0 Å². The highest BCUT2D eigenvalue weighted by molar-refractivity contribution is 5.80. The summed E-state index contributed by atoms with van der Waals surface area (Å²) in [5, 5.41) is 0. The van der Waals surface area contributed by atoms with E-state index in [-0.39, 0.29) is 23.7 Å². The molecule has 1 aromatic carbocycles. The molecule has 0 aliphatic carbocycles. The van der Waals surface area contributed by atoms with Gasteiger partial charge in [-0.15, -0.1) is 0 Å². The molecule has 1 aromatic rings. The molecule has 0 atom stereocenters. The zero-order chi connectivity index (χ0) is 18.7. The highest BCUT2D eigenvalue weighted by Crippen LogP contribution is 2.23. The Morgan fingerprint density at radius 2 is 1.58 bits per heavy atom. The molecular formula is C19H27FN4O2. The van der Waals surface area contributed by atoms with Gasteiger partial charge in [-0.3, -0.25) is 4.79 Å². The van der Waals surface area contributed by atoms with Crippen LogP contribution in [0.25, 0.3) is 0 Å². The van der Waals surface area contributed by atoms with Crippen molar-refractivity contribution in [3.05, 3.63) is 30.1 Å². The van der Waals surface area contributed by atoms with Gasteiger partial charge in [-0.05, 0) is 25.0 Å². The summed E-state index contributed by atoms with van der Waals surface area (Å²) in [7, 11) is 3.49. The van der Waals surface area contributed by atoms with Gasteiger partial charge in [0.1, 0.15) is 5.82 Å². The SMILES string of the molecule is CN(C)C(=O)N1CCC(C(=O)N2CCN(c3ccccc3F)CC2)CC1. The van der Waals surface area contributed by atoms with Gasteiger partial charge in [0.2, 0.25) is 5.91 Å². The number of amides is 3. The van der Waals surface area contributed by atoms with Crippen LogP contribution in [0.4, 0.5) is 14.9 Å². The molecule has 0 unspecified atom stereocenters. The predicted octanol–water partition coefficient (Wildman–Crippen LogP) is 1.87.